The fourth-order valence-corrected chi connectivity index (χ4v) is 8.72. The summed E-state index contributed by atoms with van der Waals surface area (Å²) in [6.07, 6.45) is 0. The van der Waals surface area contributed by atoms with Crippen LogP contribution in [0.3, 0.4) is 0 Å². The summed E-state index contributed by atoms with van der Waals surface area (Å²) in [4.78, 5) is 25.8. The molecule has 7 nitrogen and oxygen atoms in total. The highest BCUT2D eigenvalue weighted by atomic mass is 15.2. The van der Waals surface area contributed by atoms with E-state index < -0.39 is 0 Å². The Kier molecular flexibility index (Phi) is 8.35. The van der Waals surface area contributed by atoms with Gasteiger partial charge in [0.05, 0.1) is 33.5 Å². The zero-order valence-electron chi connectivity index (χ0n) is 33.3. The predicted octanol–water partition coefficient (Wildman–Crippen LogP) is 13.2. The lowest BCUT2D eigenvalue weighted by molar-refractivity contribution is 0.953. The number of aromatic nitrogens is 7. The zero-order chi connectivity index (χ0) is 41.0. The first-order valence-corrected chi connectivity index (χ1v) is 20.7. The highest BCUT2D eigenvalue weighted by Crippen LogP contribution is 2.42. The van der Waals surface area contributed by atoms with Crippen molar-refractivity contribution in [1.82, 2.24) is 34.1 Å². The van der Waals surface area contributed by atoms with Crippen LogP contribution in [0.5, 0.6) is 0 Å². The van der Waals surface area contributed by atoms with Crippen molar-refractivity contribution >= 4 is 43.6 Å². The van der Waals surface area contributed by atoms with E-state index in [4.69, 9.17) is 24.9 Å². The largest absolute Gasteiger partial charge is 0.307 e. The number of nitrogens with zero attached hydrogens (tertiary/aromatic N) is 7. The molecular weight excluding hydrogens is 759 g/mol. The molecule has 0 bridgehead atoms. The molecule has 12 rings (SSSR count). The van der Waals surface area contributed by atoms with Crippen molar-refractivity contribution in [2.24, 2.45) is 0 Å². The molecule has 0 atom stereocenters. The number of fused-ring (bicyclic) bond motifs is 7. The van der Waals surface area contributed by atoms with Gasteiger partial charge in [0, 0.05) is 55.0 Å². The lowest BCUT2D eigenvalue weighted by Crippen LogP contribution is -2.07. The molecule has 0 spiro atoms. The molecule has 0 aliphatic carbocycles. The van der Waals surface area contributed by atoms with Crippen molar-refractivity contribution in [2.45, 2.75) is 0 Å². The van der Waals surface area contributed by atoms with Crippen LogP contribution in [0.2, 0.25) is 0 Å². The van der Waals surface area contributed by atoms with Crippen molar-refractivity contribution in [3.8, 4) is 68.3 Å². The molecule has 290 valence electrons. The molecule has 4 heterocycles. The van der Waals surface area contributed by atoms with Crippen molar-refractivity contribution in [3.05, 3.63) is 212 Å². The SMILES string of the molecule is c1ccc(-c2cc(-c3ccccc3)nc(-c3ccc(-n4c5ccccc5c5ccc6c7ccccc7n(-c7nc(-c8ccccc8)nc(-c8ccccc8)n7)c6c54)cc3)n2)cc1. The van der Waals surface area contributed by atoms with Crippen molar-refractivity contribution in [1.29, 1.82) is 0 Å². The molecule has 7 heteroatoms. The van der Waals surface area contributed by atoms with Crippen LogP contribution in [0.4, 0.5) is 0 Å². The number of benzene rings is 8. The summed E-state index contributed by atoms with van der Waals surface area (Å²) in [5.41, 5.74) is 11.8. The van der Waals surface area contributed by atoms with Gasteiger partial charge < -0.3 is 4.57 Å². The van der Waals surface area contributed by atoms with Crippen LogP contribution in [0, 0.1) is 0 Å². The van der Waals surface area contributed by atoms with Gasteiger partial charge in [-0.15, -0.1) is 0 Å². The highest BCUT2D eigenvalue weighted by Gasteiger charge is 2.23. The van der Waals surface area contributed by atoms with Gasteiger partial charge in [-0.1, -0.05) is 170 Å². The monoisotopic (exact) mass is 793 g/mol. The standard InChI is InChI=1S/C55H35N7/c1-5-17-36(18-6-1)46-35-47(37-19-7-2-8-20-37)57-52(56-46)40-29-31-41(32-30-40)61-48-27-15-13-25-42(48)44-33-34-45-43-26-14-16-28-49(43)62(51(45)50(44)61)55-59-53(38-21-9-3-10-22-38)58-54(60-55)39-23-11-4-12-24-39/h1-35H. The highest BCUT2D eigenvalue weighted by molar-refractivity contribution is 6.23. The van der Waals surface area contributed by atoms with Crippen LogP contribution in [-0.4, -0.2) is 34.1 Å². The summed E-state index contributed by atoms with van der Waals surface area (Å²) in [5.74, 6) is 2.43. The summed E-state index contributed by atoms with van der Waals surface area (Å²) in [7, 11) is 0. The maximum atomic E-state index is 5.26. The summed E-state index contributed by atoms with van der Waals surface area (Å²) >= 11 is 0. The van der Waals surface area contributed by atoms with Gasteiger partial charge in [-0.3, -0.25) is 4.57 Å². The smallest absolute Gasteiger partial charge is 0.238 e. The molecule has 0 aliphatic heterocycles. The van der Waals surface area contributed by atoms with E-state index in [0.717, 1.165) is 88.5 Å². The molecule has 4 aromatic heterocycles. The van der Waals surface area contributed by atoms with Gasteiger partial charge in [-0.05, 0) is 42.5 Å². The Morgan fingerprint density at radius 3 is 1.16 bits per heavy atom. The zero-order valence-corrected chi connectivity index (χ0v) is 33.3. The van der Waals surface area contributed by atoms with Crippen LogP contribution in [0.1, 0.15) is 0 Å². The van der Waals surface area contributed by atoms with Crippen molar-refractivity contribution < 1.29 is 0 Å². The molecule has 0 saturated carbocycles. The van der Waals surface area contributed by atoms with Crippen molar-refractivity contribution in [2.75, 3.05) is 0 Å². The van der Waals surface area contributed by atoms with E-state index in [1.807, 2.05) is 97.1 Å². The summed E-state index contributed by atoms with van der Waals surface area (Å²) < 4.78 is 4.60. The van der Waals surface area contributed by atoms with E-state index in [2.05, 4.69) is 124 Å². The third kappa shape index (κ3) is 5.94. The van der Waals surface area contributed by atoms with Crippen LogP contribution in [0.25, 0.3) is 112 Å². The first-order valence-electron chi connectivity index (χ1n) is 20.7. The molecule has 0 fully saturated rings. The quantitative estimate of drug-likeness (QED) is 0.161. The second-order valence-electron chi connectivity index (χ2n) is 15.3. The van der Waals surface area contributed by atoms with Crippen LogP contribution in [0.15, 0.2) is 212 Å². The Morgan fingerprint density at radius 2 is 0.661 bits per heavy atom. The van der Waals surface area contributed by atoms with Gasteiger partial charge in [0.25, 0.3) is 0 Å². The lowest BCUT2D eigenvalue weighted by Gasteiger charge is -2.14. The molecule has 0 saturated heterocycles. The average Bonchev–Trinajstić information content (AvgIpc) is 3.88. The third-order valence-corrected chi connectivity index (χ3v) is 11.6. The van der Waals surface area contributed by atoms with Gasteiger partial charge in [0.1, 0.15) is 0 Å². The van der Waals surface area contributed by atoms with Crippen LogP contribution in [-0.2, 0) is 0 Å². The van der Waals surface area contributed by atoms with E-state index in [-0.39, 0.29) is 0 Å². The third-order valence-electron chi connectivity index (χ3n) is 11.6. The molecule has 12 aromatic rings. The maximum absolute atomic E-state index is 5.26. The Morgan fingerprint density at radius 1 is 0.274 bits per heavy atom. The van der Waals surface area contributed by atoms with E-state index in [9.17, 15) is 0 Å². The van der Waals surface area contributed by atoms with Gasteiger partial charge in [-0.25, -0.2) is 15.0 Å². The van der Waals surface area contributed by atoms with E-state index in [1.165, 1.54) is 0 Å². The minimum Gasteiger partial charge on any atom is -0.307 e. The van der Waals surface area contributed by atoms with Gasteiger partial charge in [-0.2, -0.15) is 9.97 Å². The average molecular weight is 794 g/mol. The minimum absolute atomic E-state index is 0.549. The molecule has 0 unspecified atom stereocenters. The Bertz CT molecular complexity index is 3480. The predicted molar refractivity (Wildman–Crippen MR) is 251 cm³/mol. The van der Waals surface area contributed by atoms with Crippen LogP contribution < -0.4 is 0 Å². The fraction of sp³-hybridized carbons (Fsp3) is 0. The Labute approximate surface area is 356 Å². The molecule has 0 N–H and O–H groups in total. The number of para-hydroxylation sites is 2. The van der Waals surface area contributed by atoms with E-state index in [0.29, 0.717) is 23.4 Å². The van der Waals surface area contributed by atoms with Gasteiger partial charge >= 0.3 is 0 Å². The van der Waals surface area contributed by atoms with E-state index >= 15 is 0 Å². The number of rotatable bonds is 7. The Balaban J connectivity index is 1.10. The number of hydrogen-bond acceptors (Lipinski definition) is 5. The second kappa shape index (κ2) is 14.6. The molecule has 62 heavy (non-hydrogen) atoms. The van der Waals surface area contributed by atoms with Crippen molar-refractivity contribution in [3.63, 3.8) is 0 Å². The normalized spacial score (nSPS) is 11.5. The van der Waals surface area contributed by atoms with Gasteiger partial charge in [0.2, 0.25) is 5.95 Å². The topological polar surface area (TPSA) is 74.3 Å². The van der Waals surface area contributed by atoms with E-state index in [1.54, 1.807) is 0 Å². The first kappa shape index (κ1) is 35.4. The Hall–Kier alpha value is -8.55. The molecule has 0 amide bonds. The summed E-state index contributed by atoms with van der Waals surface area (Å²) in [5, 5.41) is 4.51. The summed E-state index contributed by atoms with van der Waals surface area (Å²) in [6, 6.07) is 73.2. The molecule has 8 aromatic carbocycles. The first-order chi connectivity index (χ1) is 30.7. The second-order valence-corrected chi connectivity index (χ2v) is 15.3. The number of hydrogen-bond donors (Lipinski definition) is 0. The fourth-order valence-electron chi connectivity index (χ4n) is 8.72. The lowest BCUT2D eigenvalue weighted by atomic mass is 10.1. The van der Waals surface area contributed by atoms with Gasteiger partial charge in [0.15, 0.2) is 17.5 Å². The minimum atomic E-state index is 0.549. The maximum Gasteiger partial charge on any atom is 0.238 e. The van der Waals surface area contributed by atoms with Crippen LogP contribution >= 0.6 is 0 Å². The molecular formula is C55H35N7. The summed E-state index contributed by atoms with van der Waals surface area (Å²) in [6.45, 7) is 0. The molecule has 0 aliphatic rings. The molecule has 0 radical (unpaired) electrons.